The molecule has 1 aromatic carbocycles. The smallest absolute Gasteiger partial charge is 0.504 e. The maximum absolute atomic E-state index is 10.2. The molecule has 0 heterocycles. The van der Waals surface area contributed by atoms with Crippen LogP contribution in [0.15, 0.2) is 18.2 Å². The number of carbonyl (C=O) groups is 1. The van der Waals surface area contributed by atoms with Gasteiger partial charge >= 0.3 is 6.16 Å². The Labute approximate surface area is 88.1 Å². The molecule has 0 aliphatic carbocycles. The summed E-state index contributed by atoms with van der Waals surface area (Å²) < 4.78 is 4.37. The molecule has 0 saturated heterocycles. The van der Waals surface area contributed by atoms with Crippen LogP contribution in [0.2, 0.25) is 0 Å². The second-order valence-corrected chi connectivity index (χ2v) is 3.27. The molecule has 0 unspecified atom stereocenters. The van der Waals surface area contributed by atoms with Gasteiger partial charge in [-0.25, -0.2) is 4.79 Å². The predicted octanol–water partition coefficient (Wildman–Crippen LogP) is 2.79. The number of ether oxygens (including phenoxy) is 1. The van der Waals surface area contributed by atoms with Crippen LogP contribution in [-0.4, -0.2) is 16.4 Å². The van der Waals surface area contributed by atoms with Gasteiger partial charge in [-0.3, -0.25) is 0 Å². The number of phenols is 1. The van der Waals surface area contributed by atoms with Crippen molar-refractivity contribution in [2.45, 2.75) is 26.2 Å². The number of benzene rings is 1. The Hall–Kier alpha value is -1.71. The fourth-order valence-electron chi connectivity index (χ4n) is 1.28. The van der Waals surface area contributed by atoms with Gasteiger partial charge in [-0.05, 0) is 30.5 Å². The highest BCUT2D eigenvalue weighted by Crippen LogP contribution is 2.27. The van der Waals surface area contributed by atoms with E-state index in [2.05, 4.69) is 11.7 Å². The first-order valence-electron chi connectivity index (χ1n) is 4.86. The number of hydrogen-bond acceptors (Lipinski definition) is 3. The van der Waals surface area contributed by atoms with Crippen LogP contribution in [0.3, 0.4) is 0 Å². The van der Waals surface area contributed by atoms with Crippen LogP contribution in [0.4, 0.5) is 4.79 Å². The largest absolute Gasteiger partial charge is 0.511 e. The number of aromatic hydroxyl groups is 1. The SMILES string of the molecule is CCCCc1ccc(OC(=O)O)c(O)c1. The van der Waals surface area contributed by atoms with E-state index in [1.54, 1.807) is 6.07 Å². The molecule has 0 fully saturated rings. The van der Waals surface area contributed by atoms with E-state index >= 15 is 0 Å². The highest BCUT2D eigenvalue weighted by atomic mass is 16.7. The Balaban J connectivity index is 2.74. The van der Waals surface area contributed by atoms with Crippen LogP contribution in [0.1, 0.15) is 25.3 Å². The van der Waals surface area contributed by atoms with Crippen LogP contribution >= 0.6 is 0 Å². The van der Waals surface area contributed by atoms with Gasteiger partial charge in [-0.15, -0.1) is 0 Å². The van der Waals surface area contributed by atoms with E-state index in [1.165, 1.54) is 12.1 Å². The molecule has 0 saturated carbocycles. The van der Waals surface area contributed by atoms with Gasteiger partial charge in [0.2, 0.25) is 0 Å². The first-order valence-corrected chi connectivity index (χ1v) is 4.86. The van der Waals surface area contributed by atoms with Crippen molar-refractivity contribution in [3.8, 4) is 11.5 Å². The van der Waals surface area contributed by atoms with E-state index in [1.807, 2.05) is 0 Å². The summed E-state index contributed by atoms with van der Waals surface area (Å²) in [5.74, 6) is -0.159. The molecular formula is C11H14O4. The van der Waals surface area contributed by atoms with Gasteiger partial charge in [0, 0.05) is 0 Å². The van der Waals surface area contributed by atoms with E-state index < -0.39 is 6.16 Å². The van der Waals surface area contributed by atoms with Crippen molar-refractivity contribution in [1.29, 1.82) is 0 Å². The Morgan fingerprint density at radius 2 is 2.20 bits per heavy atom. The average molecular weight is 210 g/mol. The normalized spacial score (nSPS) is 9.93. The summed E-state index contributed by atoms with van der Waals surface area (Å²) in [5, 5.41) is 17.8. The van der Waals surface area contributed by atoms with Crippen molar-refractivity contribution in [1.82, 2.24) is 0 Å². The number of rotatable bonds is 4. The molecule has 4 nitrogen and oxygen atoms in total. The third-order valence-electron chi connectivity index (χ3n) is 2.04. The topological polar surface area (TPSA) is 66.8 Å². The van der Waals surface area contributed by atoms with E-state index in [0.29, 0.717) is 0 Å². The van der Waals surface area contributed by atoms with Crippen LogP contribution in [-0.2, 0) is 6.42 Å². The molecule has 1 rings (SSSR count). The Morgan fingerprint density at radius 1 is 1.47 bits per heavy atom. The van der Waals surface area contributed by atoms with E-state index in [0.717, 1.165) is 24.8 Å². The summed E-state index contributed by atoms with van der Waals surface area (Å²) in [6, 6.07) is 4.76. The summed E-state index contributed by atoms with van der Waals surface area (Å²) in [6.45, 7) is 2.09. The summed E-state index contributed by atoms with van der Waals surface area (Å²) in [7, 11) is 0. The zero-order valence-corrected chi connectivity index (χ0v) is 8.56. The van der Waals surface area contributed by atoms with Gasteiger partial charge < -0.3 is 14.9 Å². The van der Waals surface area contributed by atoms with Crippen LogP contribution in [0.25, 0.3) is 0 Å². The molecule has 1 aromatic rings. The Kier molecular flexibility index (Phi) is 3.97. The molecule has 15 heavy (non-hydrogen) atoms. The number of carboxylic acid groups (broad SMARTS) is 1. The lowest BCUT2D eigenvalue weighted by Gasteiger charge is -2.05. The monoisotopic (exact) mass is 210 g/mol. The van der Waals surface area contributed by atoms with E-state index in [4.69, 9.17) is 5.11 Å². The molecule has 0 atom stereocenters. The minimum Gasteiger partial charge on any atom is -0.504 e. The predicted molar refractivity (Wildman–Crippen MR) is 55.4 cm³/mol. The second kappa shape index (κ2) is 5.24. The van der Waals surface area contributed by atoms with E-state index in [9.17, 15) is 9.90 Å². The molecule has 0 spiro atoms. The standard InChI is InChI=1S/C11H14O4/c1-2-3-4-8-5-6-10(9(12)7-8)15-11(13)14/h5-7,12H,2-4H2,1H3,(H,13,14). The van der Waals surface area contributed by atoms with Crippen LogP contribution in [0, 0.1) is 0 Å². The summed E-state index contributed by atoms with van der Waals surface area (Å²) in [5.41, 5.74) is 0.979. The number of unbranched alkanes of at least 4 members (excludes halogenated alkanes) is 1. The third-order valence-corrected chi connectivity index (χ3v) is 2.04. The number of phenolic OH excluding ortho intramolecular Hbond substituents is 1. The lowest BCUT2D eigenvalue weighted by atomic mass is 10.1. The lowest BCUT2D eigenvalue weighted by molar-refractivity contribution is 0.143. The maximum Gasteiger partial charge on any atom is 0.511 e. The summed E-state index contributed by atoms with van der Waals surface area (Å²) in [4.78, 5) is 10.2. The molecule has 0 aromatic heterocycles. The van der Waals surface area contributed by atoms with Crippen LogP contribution < -0.4 is 4.74 Å². The average Bonchev–Trinajstić information content (AvgIpc) is 2.18. The van der Waals surface area contributed by atoms with Gasteiger partial charge in [0.05, 0.1) is 0 Å². The van der Waals surface area contributed by atoms with Gasteiger partial charge in [-0.2, -0.15) is 0 Å². The Bertz CT molecular complexity index is 346. The second-order valence-electron chi connectivity index (χ2n) is 3.27. The maximum atomic E-state index is 10.2. The van der Waals surface area contributed by atoms with Crippen molar-refractivity contribution in [3.63, 3.8) is 0 Å². The molecule has 0 aliphatic heterocycles. The molecule has 0 aliphatic rings. The van der Waals surface area contributed by atoms with Gasteiger partial charge in [0.15, 0.2) is 11.5 Å². The highest BCUT2D eigenvalue weighted by molar-refractivity contribution is 5.63. The van der Waals surface area contributed by atoms with Gasteiger partial charge in [0.25, 0.3) is 0 Å². The minimum atomic E-state index is -1.42. The van der Waals surface area contributed by atoms with Crippen molar-refractivity contribution in [2.24, 2.45) is 0 Å². The first-order chi connectivity index (χ1) is 7.13. The first kappa shape index (κ1) is 11.4. The van der Waals surface area contributed by atoms with Gasteiger partial charge in [-0.1, -0.05) is 19.4 Å². The van der Waals surface area contributed by atoms with Crippen molar-refractivity contribution in [2.75, 3.05) is 0 Å². The highest BCUT2D eigenvalue weighted by Gasteiger charge is 2.07. The van der Waals surface area contributed by atoms with Crippen LogP contribution in [0.5, 0.6) is 11.5 Å². The molecular weight excluding hydrogens is 196 g/mol. The van der Waals surface area contributed by atoms with Crippen molar-refractivity contribution in [3.05, 3.63) is 23.8 Å². The van der Waals surface area contributed by atoms with Gasteiger partial charge in [0.1, 0.15) is 0 Å². The fourth-order valence-corrected chi connectivity index (χ4v) is 1.28. The number of aryl methyl sites for hydroxylation is 1. The molecule has 2 N–H and O–H groups in total. The zero-order chi connectivity index (χ0) is 11.3. The van der Waals surface area contributed by atoms with Crippen molar-refractivity contribution < 1.29 is 19.7 Å². The third kappa shape index (κ3) is 3.50. The fraction of sp³-hybridized carbons (Fsp3) is 0.364. The Morgan fingerprint density at radius 3 is 2.73 bits per heavy atom. The summed E-state index contributed by atoms with van der Waals surface area (Å²) >= 11 is 0. The number of hydrogen-bond donors (Lipinski definition) is 2. The lowest BCUT2D eigenvalue weighted by Crippen LogP contribution is -2.03. The summed E-state index contributed by atoms with van der Waals surface area (Å²) in [6.07, 6.45) is 1.57. The molecule has 0 radical (unpaired) electrons. The zero-order valence-electron chi connectivity index (χ0n) is 8.56. The molecule has 82 valence electrons. The minimum absolute atomic E-state index is 0.0252. The molecule has 0 bridgehead atoms. The van der Waals surface area contributed by atoms with E-state index in [-0.39, 0.29) is 11.5 Å². The molecule has 4 heteroatoms. The molecule has 0 amide bonds. The quantitative estimate of drug-likeness (QED) is 0.592. The van der Waals surface area contributed by atoms with Crippen molar-refractivity contribution >= 4 is 6.16 Å².